The lowest BCUT2D eigenvalue weighted by atomic mass is 9.95. The summed E-state index contributed by atoms with van der Waals surface area (Å²) in [7, 11) is -1.82. The van der Waals surface area contributed by atoms with Crippen LogP contribution in [0.5, 0.6) is 5.88 Å². The molecule has 0 radical (unpaired) electrons. The number of fused-ring (bicyclic) bond motifs is 3. The molecule has 6 rings (SSSR count). The van der Waals surface area contributed by atoms with Crippen LogP contribution in [0.1, 0.15) is 47.9 Å². The summed E-state index contributed by atoms with van der Waals surface area (Å²) >= 11 is 0. The van der Waals surface area contributed by atoms with Gasteiger partial charge in [-0.05, 0) is 60.3 Å². The smallest absolute Gasteiger partial charge is 0.354 e. The van der Waals surface area contributed by atoms with Crippen molar-refractivity contribution in [3.05, 3.63) is 34.5 Å². The fourth-order valence-corrected chi connectivity index (χ4v) is 6.96. The largest absolute Gasteiger partial charge is 0.475 e. The first kappa shape index (κ1) is 23.0. The number of aromatic nitrogens is 2. The highest BCUT2D eigenvalue weighted by Crippen LogP contribution is 2.44. The Morgan fingerprint density at radius 1 is 1.29 bits per heavy atom. The Labute approximate surface area is 205 Å². The Morgan fingerprint density at radius 3 is 2.91 bits per heavy atom. The summed E-state index contributed by atoms with van der Waals surface area (Å²) in [5, 5.41) is 13.4. The highest BCUT2D eigenvalue weighted by Gasteiger charge is 2.37. The van der Waals surface area contributed by atoms with E-state index in [0.29, 0.717) is 24.9 Å². The lowest BCUT2D eigenvalue weighted by molar-refractivity contribution is -0.0687. The molecule has 0 bridgehead atoms. The molecule has 188 valence electrons. The number of nitrogens with zero attached hydrogens (tertiary/aromatic N) is 4. The van der Waals surface area contributed by atoms with E-state index in [9.17, 15) is 9.00 Å². The third-order valence-electron chi connectivity index (χ3n) is 7.91. The number of nitrogens with one attached hydrogen (secondary N) is 1. The monoisotopic (exact) mass is 500 g/mol. The van der Waals surface area contributed by atoms with Crippen LogP contribution in [-0.4, -0.2) is 63.9 Å². The van der Waals surface area contributed by atoms with E-state index in [1.54, 1.807) is 11.8 Å². The first-order valence-corrected chi connectivity index (χ1v) is 13.9. The van der Waals surface area contributed by atoms with Crippen LogP contribution in [-0.2, 0) is 40.5 Å². The Hall–Kier alpha value is -2.47. The van der Waals surface area contributed by atoms with Crippen LogP contribution >= 0.6 is 0 Å². The lowest BCUT2D eigenvalue weighted by Gasteiger charge is -2.44. The molecular formula is C24H32N6O4S. The number of ether oxygens (including phenoxy) is 2. The van der Waals surface area contributed by atoms with Gasteiger partial charge in [0, 0.05) is 25.9 Å². The molecule has 35 heavy (non-hydrogen) atoms. The summed E-state index contributed by atoms with van der Waals surface area (Å²) in [5.74, 6) is 0.687. The highest BCUT2D eigenvalue weighted by atomic mass is 32.2. The van der Waals surface area contributed by atoms with Crippen LogP contribution in [0.25, 0.3) is 0 Å². The van der Waals surface area contributed by atoms with Crippen LogP contribution in [0, 0.1) is 0 Å². The van der Waals surface area contributed by atoms with Crippen LogP contribution < -0.4 is 15.2 Å². The second kappa shape index (κ2) is 8.58. The minimum absolute atomic E-state index is 0.153. The van der Waals surface area contributed by atoms with Crippen molar-refractivity contribution in [2.75, 3.05) is 32.1 Å². The minimum Gasteiger partial charge on any atom is -0.475 e. The second-order valence-corrected chi connectivity index (χ2v) is 11.9. The number of nitrogens with two attached hydrogens (primary N) is 1. The number of aryl methyl sites for hydroxylation is 2. The van der Waals surface area contributed by atoms with Crippen molar-refractivity contribution in [1.29, 1.82) is 0 Å². The average molecular weight is 501 g/mol. The standard InChI is InChI=1S/C24H32N6O4S/c1-14-6-7-16-8-15-4-3-5-19(15)22(21(14)16)27-24(31)28-35(25,32)20-9-26-30-10-17(13-34-23(20)30)29-11-18(12-29)33-2/h8-9,14,17-18H,3-7,10-13H2,1-2H3,(H3,25,27,28,31,32)/t14-,17?,35?/m1/s1. The third kappa shape index (κ3) is 3.94. The van der Waals surface area contributed by atoms with E-state index < -0.39 is 15.9 Å². The van der Waals surface area contributed by atoms with Gasteiger partial charge >= 0.3 is 6.03 Å². The first-order valence-electron chi connectivity index (χ1n) is 12.3. The van der Waals surface area contributed by atoms with Crippen LogP contribution in [0.4, 0.5) is 10.5 Å². The maximum atomic E-state index is 13.4. The zero-order valence-electron chi connectivity index (χ0n) is 20.2. The van der Waals surface area contributed by atoms with Crippen molar-refractivity contribution in [2.24, 2.45) is 9.50 Å². The Balaban J connectivity index is 1.24. The summed E-state index contributed by atoms with van der Waals surface area (Å²) < 4.78 is 30.3. The van der Waals surface area contributed by atoms with Gasteiger partial charge in [0.2, 0.25) is 5.88 Å². The van der Waals surface area contributed by atoms with E-state index in [2.05, 4.69) is 32.7 Å². The Bertz CT molecular complexity index is 1310. The minimum atomic E-state index is -3.54. The molecular weight excluding hydrogens is 468 g/mol. The summed E-state index contributed by atoms with van der Waals surface area (Å²) in [6.45, 7) is 4.90. The molecule has 1 aromatic carbocycles. The van der Waals surface area contributed by atoms with Gasteiger partial charge in [0.25, 0.3) is 0 Å². The first-order chi connectivity index (χ1) is 16.8. The number of hydrogen-bond acceptors (Lipinski definition) is 6. The number of carbonyl (C=O) groups is 1. The molecule has 2 aliphatic carbocycles. The fraction of sp³-hybridized carbons (Fsp3) is 0.583. The van der Waals surface area contributed by atoms with Gasteiger partial charge in [-0.1, -0.05) is 13.0 Å². The molecule has 10 nitrogen and oxygen atoms in total. The van der Waals surface area contributed by atoms with Crippen molar-refractivity contribution in [2.45, 2.75) is 68.5 Å². The van der Waals surface area contributed by atoms with E-state index in [0.717, 1.165) is 50.9 Å². The number of methoxy groups -OCH3 is 1. The molecule has 11 heteroatoms. The highest BCUT2D eigenvalue weighted by molar-refractivity contribution is 7.91. The summed E-state index contributed by atoms with van der Waals surface area (Å²) in [6.07, 6.45) is 6.76. The second-order valence-electron chi connectivity index (χ2n) is 10.1. The predicted octanol–water partition coefficient (Wildman–Crippen LogP) is 2.45. The van der Waals surface area contributed by atoms with Crippen molar-refractivity contribution in [3.8, 4) is 5.88 Å². The molecule has 0 saturated carbocycles. The number of amides is 2. The van der Waals surface area contributed by atoms with Gasteiger partial charge in [0.05, 0.1) is 24.9 Å². The Morgan fingerprint density at radius 2 is 2.11 bits per heavy atom. The number of carbonyl (C=O) groups excluding carboxylic acids is 1. The molecule has 2 aromatic rings. The molecule has 3 heterocycles. The predicted molar refractivity (Wildman–Crippen MR) is 131 cm³/mol. The van der Waals surface area contributed by atoms with Crippen LogP contribution in [0.15, 0.2) is 21.5 Å². The number of hydrogen-bond donors (Lipinski definition) is 2. The number of urea groups is 1. The SMILES string of the molecule is COC1CN(C2COc3c(S(N)(=O)=NC(=O)Nc4c5c(cc6c4[C@H](C)CC6)CCC5)cnn3C2)C1. The van der Waals surface area contributed by atoms with Crippen molar-refractivity contribution < 1.29 is 18.5 Å². The normalized spacial score (nSPS) is 25.1. The van der Waals surface area contributed by atoms with E-state index in [-0.39, 0.29) is 17.0 Å². The van der Waals surface area contributed by atoms with Crippen molar-refractivity contribution >= 4 is 21.6 Å². The summed E-state index contributed by atoms with van der Waals surface area (Å²) in [5.41, 5.74) is 5.83. The molecule has 1 fully saturated rings. The van der Waals surface area contributed by atoms with Gasteiger partial charge in [0.15, 0.2) is 9.92 Å². The van der Waals surface area contributed by atoms with Crippen molar-refractivity contribution in [3.63, 3.8) is 0 Å². The van der Waals surface area contributed by atoms with Gasteiger partial charge in [-0.15, -0.1) is 4.36 Å². The molecule has 2 aliphatic heterocycles. The van der Waals surface area contributed by atoms with Gasteiger partial charge in [-0.3, -0.25) is 4.90 Å². The van der Waals surface area contributed by atoms with E-state index in [4.69, 9.17) is 14.6 Å². The quantitative estimate of drug-likeness (QED) is 0.665. The van der Waals surface area contributed by atoms with Gasteiger partial charge in [-0.2, -0.15) is 5.10 Å². The molecule has 1 aromatic heterocycles. The number of rotatable bonds is 4. The Kier molecular flexibility index (Phi) is 5.63. The lowest BCUT2D eigenvalue weighted by Crippen LogP contribution is -2.59. The molecule has 0 spiro atoms. The summed E-state index contributed by atoms with van der Waals surface area (Å²) in [4.78, 5) is 15.4. The molecule has 3 N–H and O–H groups in total. The van der Waals surface area contributed by atoms with Crippen LogP contribution in [0.3, 0.4) is 0 Å². The maximum Gasteiger partial charge on any atom is 0.354 e. The van der Waals surface area contributed by atoms with Crippen LogP contribution in [0.2, 0.25) is 0 Å². The van der Waals surface area contributed by atoms with Gasteiger partial charge in [-0.25, -0.2) is 18.8 Å². The average Bonchev–Trinajstić information content (AvgIpc) is 3.51. The topological polar surface area (TPSA) is 124 Å². The molecule has 4 aliphatic rings. The fourth-order valence-electron chi connectivity index (χ4n) is 5.95. The van der Waals surface area contributed by atoms with E-state index in [1.165, 1.54) is 28.5 Å². The third-order valence-corrected chi connectivity index (χ3v) is 9.26. The zero-order chi connectivity index (χ0) is 24.3. The van der Waals surface area contributed by atoms with Crippen molar-refractivity contribution in [1.82, 2.24) is 14.7 Å². The number of anilines is 1. The molecule has 1 saturated heterocycles. The number of benzene rings is 1. The maximum absolute atomic E-state index is 13.4. The van der Waals surface area contributed by atoms with E-state index >= 15 is 0 Å². The molecule has 2 amide bonds. The van der Waals surface area contributed by atoms with E-state index in [1.807, 2.05) is 0 Å². The molecule has 3 atom stereocenters. The van der Waals surface area contributed by atoms with Gasteiger partial charge in [0.1, 0.15) is 11.5 Å². The zero-order valence-corrected chi connectivity index (χ0v) is 21.0. The summed E-state index contributed by atoms with van der Waals surface area (Å²) in [6, 6.07) is 1.76. The van der Waals surface area contributed by atoms with Gasteiger partial charge < -0.3 is 14.8 Å². The molecule has 2 unspecified atom stereocenters. The number of likely N-dealkylation sites (tertiary alicyclic amines) is 1.